The van der Waals surface area contributed by atoms with Crippen LogP contribution in [0.4, 0.5) is 0 Å². The monoisotopic (exact) mass is 664 g/mol. The predicted molar refractivity (Wildman–Crippen MR) is 195 cm³/mol. The number of hydrogen-bond acceptors (Lipinski definition) is 6. The van der Waals surface area contributed by atoms with Gasteiger partial charge in [0, 0.05) is 19.4 Å². The SMILES string of the molecule is CCCCCC(CCCCC)CCOC(=O)CCCCCCCN(CCCCO)CCCCCCCC(=O)OC1CC2CCCC1C2. The van der Waals surface area contributed by atoms with Crippen molar-refractivity contribution in [2.45, 2.75) is 200 Å². The molecule has 2 aliphatic carbocycles. The number of esters is 2. The fourth-order valence-electron chi connectivity index (χ4n) is 8.04. The van der Waals surface area contributed by atoms with Crippen molar-refractivity contribution in [3.63, 3.8) is 0 Å². The van der Waals surface area contributed by atoms with Crippen LogP contribution in [0.2, 0.25) is 0 Å². The van der Waals surface area contributed by atoms with E-state index in [-0.39, 0.29) is 24.6 Å². The Labute approximate surface area is 290 Å². The van der Waals surface area contributed by atoms with Gasteiger partial charge in [-0.1, -0.05) is 117 Å². The number of aliphatic hydroxyl groups is 1. The molecule has 3 atom stereocenters. The molecule has 0 amide bonds. The molecule has 0 aromatic rings. The molecule has 276 valence electrons. The largest absolute Gasteiger partial charge is 0.466 e. The Morgan fingerprint density at radius 2 is 1.23 bits per heavy atom. The molecule has 0 aromatic carbocycles. The fourth-order valence-corrected chi connectivity index (χ4v) is 8.04. The number of nitrogens with zero attached hydrogens (tertiary/aromatic N) is 1. The maximum absolute atomic E-state index is 12.4. The summed E-state index contributed by atoms with van der Waals surface area (Å²) in [5.41, 5.74) is 0. The van der Waals surface area contributed by atoms with Crippen molar-refractivity contribution < 1.29 is 24.2 Å². The minimum Gasteiger partial charge on any atom is -0.466 e. The molecule has 6 nitrogen and oxygen atoms in total. The van der Waals surface area contributed by atoms with Gasteiger partial charge in [-0.15, -0.1) is 0 Å². The van der Waals surface area contributed by atoms with E-state index in [4.69, 9.17) is 9.47 Å². The quantitative estimate of drug-likeness (QED) is 0.0570. The fraction of sp³-hybridized carbons (Fsp3) is 0.951. The lowest BCUT2D eigenvalue weighted by atomic mass is 9.89. The zero-order chi connectivity index (χ0) is 33.8. The van der Waals surface area contributed by atoms with Gasteiger partial charge in [-0.3, -0.25) is 9.59 Å². The normalized spacial score (nSPS) is 19.1. The third-order valence-electron chi connectivity index (χ3n) is 11.0. The third-order valence-corrected chi connectivity index (χ3v) is 11.0. The molecule has 0 saturated heterocycles. The first-order chi connectivity index (χ1) is 23.0. The van der Waals surface area contributed by atoms with Crippen LogP contribution in [-0.4, -0.2) is 60.9 Å². The molecule has 0 spiro atoms. The highest BCUT2D eigenvalue weighted by Crippen LogP contribution is 2.43. The van der Waals surface area contributed by atoms with Crippen LogP contribution in [0.5, 0.6) is 0 Å². The average molecular weight is 664 g/mol. The molecule has 6 heteroatoms. The minimum absolute atomic E-state index is 0.00746. The molecule has 2 aliphatic rings. The Hall–Kier alpha value is -1.14. The first-order valence-corrected chi connectivity index (χ1v) is 20.7. The van der Waals surface area contributed by atoms with Crippen LogP contribution in [0.1, 0.15) is 194 Å². The lowest BCUT2D eigenvalue weighted by Gasteiger charge is -2.22. The number of carbonyl (C=O) groups is 2. The number of rotatable bonds is 32. The molecule has 2 fully saturated rings. The average Bonchev–Trinajstić information content (AvgIpc) is 3.34. The molecule has 2 rings (SSSR count). The van der Waals surface area contributed by atoms with Gasteiger partial charge in [0.2, 0.25) is 0 Å². The summed E-state index contributed by atoms with van der Waals surface area (Å²) in [5.74, 6) is 2.19. The minimum atomic E-state index is -0.00746. The predicted octanol–water partition coefficient (Wildman–Crippen LogP) is 10.6. The molecular formula is C41H77NO5. The second-order valence-corrected chi connectivity index (χ2v) is 15.2. The van der Waals surface area contributed by atoms with Crippen molar-refractivity contribution in [2.75, 3.05) is 32.8 Å². The molecule has 0 aromatic heterocycles. The highest BCUT2D eigenvalue weighted by atomic mass is 16.5. The highest BCUT2D eigenvalue weighted by molar-refractivity contribution is 5.69. The Bertz CT molecular complexity index is 750. The van der Waals surface area contributed by atoms with Crippen molar-refractivity contribution in [3.8, 4) is 0 Å². The van der Waals surface area contributed by atoms with Gasteiger partial charge in [-0.25, -0.2) is 0 Å². The number of fused-ring (bicyclic) bond motifs is 2. The summed E-state index contributed by atoms with van der Waals surface area (Å²) in [7, 11) is 0. The van der Waals surface area contributed by atoms with Crippen molar-refractivity contribution in [1.82, 2.24) is 4.90 Å². The second kappa shape index (κ2) is 28.7. The smallest absolute Gasteiger partial charge is 0.306 e. The summed E-state index contributed by atoms with van der Waals surface area (Å²) in [6, 6.07) is 0. The van der Waals surface area contributed by atoms with Crippen molar-refractivity contribution >= 4 is 11.9 Å². The highest BCUT2D eigenvalue weighted by Gasteiger charge is 2.39. The van der Waals surface area contributed by atoms with Crippen LogP contribution in [0.25, 0.3) is 0 Å². The Kier molecular flexibility index (Phi) is 25.6. The van der Waals surface area contributed by atoms with Gasteiger partial charge in [0.1, 0.15) is 6.10 Å². The van der Waals surface area contributed by atoms with E-state index >= 15 is 0 Å². The zero-order valence-corrected chi connectivity index (χ0v) is 31.2. The zero-order valence-electron chi connectivity index (χ0n) is 31.2. The number of carbonyl (C=O) groups excluding carboxylic acids is 2. The number of unbranched alkanes of at least 4 members (excludes halogenated alkanes) is 13. The summed E-state index contributed by atoms with van der Waals surface area (Å²) >= 11 is 0. The molecule has 0 heterocycles. The maximum Gasteiger partial charge on any atom is 0.306 e. The van der Waals surface area contributed by atoms with Crippen molar-refractivity contribution in [3.05, 3.63) is 0 Å². The van der Waals surface area contributed by atoms with E-state index in [2.05, 4.69) is 18.7 Å². The molecule has 47 heavy (non-hydrogen) atoms. The van der Waals surface area contributed by atoms with Gasteiger partial charge in [0.15, 0.2) is 0 Å². The van der Waals surface area contributed by atoms with Crippen LogP contribution >= 0.6 is 0 Å². The standard InChI is InChI=1S/C41H77NO5/c1-3-5-13-22-36(23-14-6-4-2)28-33-46-40(44)26-15-9-7-11-17-29-42(31-19-20-32-43)30-18-12-8-10-16-27-41(45)47-39-35-37-24-21-25-38(39)34-37/h36-39,43H,3-35H2,1-2H3. The number of hydrogen-bond donors (Lipinski definition) is 1. The first-order valence-electron chi connectivity index (χ1n) is 20.7. The van der Waals surface area contributed by atoms with E-state index in [9.17, 15) is 14.7 Å². The van der Waals surface area contributed by atoms with Gasteiger partial charge in [-0.2, -0.15) is 0 Å². The van der Waals surface area contributed by atoms with Crippen LogP contribution in [0.3, 0.4) is 0 Å². The van der Waals surface area contributed by atoms with Crippen LogP contribution in [-0.2, 0) is 19.1 Å². The summed E-state index contributed by atoms with van der Waals surface area (Å²) in [6.07, 6.45) is 32.3. The lowest BCUT2D eigenvalue weighted by Crippen LogP contribution is -2.27. The topological polar surface area (TPSA) is 76.1 Å². The molecule has 2 bridgehead atoms. The lowest BCUT2D eigenvalue weighted by molar-refractivity contribution is -0.151. The van der Waals surface area contributed by atoms with E-state index in [1.54, 1.807) is 0 Å². The molecule has 2 saturated carbocycles. The van der Waals surface area contributed by atoms with E-state index in [0.717, 1.165) is 76.9 Å². The number of aliphatic hydroxyl groups excluding tert-OH is 1. The molecule has 3 unspecified atom stereocenters. The van der Waals surface area contributed by atoms with Gasteiger partial charge in [0.05, 0.1) is 6.61 Å². The van der Waals surface area contributed by atoms with Crippen LogP contribution < -0.4 is 0 Å². The van der Waals surface area contributed by atoms with E-state index in [0.29, 0.717) is 31.3 Å². The Morgan fingerprint density at radius 3 is 1.83 bits per heavy atom. The first kappa shape index (κ1) is 42.0. The van der Waals surface area contributed by atoms with Gasteiger partial charge < -0.3 is 19.5 Å². The van der Waals surface area contributed by atoms with Gasteiger partial charge in [-0.05, 0) is 102 Å². The molecular weight excluding hydrogens is 586 g/mol. The van der Waals surface area contributed by atoms with Crippen LogP contribution in [0, 0.1) is 17.8 Å². The van der Waals surface area contributed by atoms with Crippen molar-refractivity contribution in [2.24, 2.45) is 17.8 Å². The summed E-state index contributed by atoms with van der Waals surface area (Å²) in [4.78, 5) is 27.2. The maximum atomic E-state index is 12.4. The second-order valence-electron chi connectivity index (χ2n) is 15.2. The Morgan fingerprint density at radius 1 is 0.660 bits per heavy atom. The van der Waals surface area contributed by atoms with E-state index in [1.807, 2.05) is 0 Å². The summed E-state index contributed by atoms with van der Waals surface area (Å²) in [5, 5.41) is 9.24. The summed E-state index contributed by atoms with van der Waals surface area (Å²) in [6.45, 7) is 8.72. The van der Waals surface area contributed by atoms with Crippen LogP contribution in [0.15, 0.2) is 0 Å². The van der Waals surface area contributed by atoms with E-state index < -0.39 is 0 Å². The summed E-state index contributed by atoms with van der Waals surface area (Å²) < 4.78 is 11.5. The molecule has 0 aliphatic heterocycles. The van der Waals surface area contributed by atoms with Gasteiger partial charge in [0.25, 0.3) is 0 Å². The molecule has 1 N–H and O–H groups in total. The van der Waals surface area contributed by atoms with Gasteiger partial charge >= 0.3 is 11.9 Å². The van der Waals surface area contributed by atoms with Crippen molar-refractivity contribution in [1.29, 1.82) is 0 Å². The molecule has 0 radical (unpaired) electrons. The Balaban J connectivity index is 1.46. The van der Waals surface area contributed by atoms with E-state index in [1.165, 1.54) is 116 Å². The number of ether oxygens (including phenoxy) is 2. The third kappa shape index (κ3) is 21.5.